The number of benzene rings is 1. The van der Waals surface area contributed by atoms with Crippen molar-refractivity contribution in [1.29, 1.82) is 0 Å². The Morgan fingerprint density at radius 2 is 2.17 bits per heavy atom. The third kappa shape index (κ3) is 5.46. The van der Waals surface area contributed by atoms with Gasteiger partial charge in [-0.05, 0) is 24.6 Å². The van der Waals surface area contributed by atoms with E-state index in [9.17, 15) is 4.79 Å². The second kappa shape index (κ2) is 8.40. The number of hydrogen-bond donors (Lipinski definition) is 2. The Morgan fingerprint density at radius 3 is 2.78 bits per heavy atom. The molecule has 1 heterocycles. The van der Waals surface area contributed by atoms with Gasteiger partial charge in [-0.3, -0.25) is 4.79 Å². The van der Waals surface area contributed by atoms with Gasteiger partial charge in [-0.1, -0.05) is 12.1 Å². The molecule has 0 aliphatic carbocycles. The van der Waals surface area contributed by atoms with E-state index >= 15 is 0 Å². The highest BCUT2D eigenvalue weighted by molar-refractivity contribution is 7.09. The molecule has 0 fully saturated rings. The van der Waals surface area contributed by atoms with Gasteiger partial charge in [0.1, 0.15) is 0 Å². The van der Waals surface area contributed by atoms with Crippen molar-refractivity contribution in [1.82, 2.24) is 10.4 Å². The van der Waals surface area contributed by atoms with E-state index in [-0.39, 0.29) is 18.9 Å². The normalized spacial score (nSPS) is 10.9. The summed E-state index contributed by atoms with van der Waals surface area (Å²) in [5.41, 5.74) is 5.16. The Morgan fingerprint density at radius 1 is 1.43 bits per heavy atom. The molecular weight excluding hydrogens is 312 g/mol. The van der Waals surface area contributed by atoms with Crippen molar-refractivity contribution in [3.05, 3.63) is 45.9 Å². The summed E-state index contributed by atoms with van der Waals surface area (Å²) in [6.45, 7) is 2.61. The number of rotatable bonds is 7. The molecule has 0 aliphatic heterocycles. The number of nitrogens with one attached hydrogen (secondary N) is 1. The largest absolute Gasteiger partial charge is 0.395 e. The van der Waals surface area contributed by atoms with E-state index in [0.29, 0.717) is 6.54 Å². The van der Waals surface area contributed by atoms with E-state index in [0.717, 1.165) is 22.0 Å². The van der Waals surface area contributed by atoms with Crippen molar-refractivity contribution in [2.24, 2.45) is 5.10 Å². The van der Waals surface area contributed by atoms with Crippen LogP contribution in [0.4, 0.5) is 5.69 Å². The number of likely N-dealkylation sites (N-methyl/N-ethyl adjacent to an activating group) is 1. The molecular formula is C16H20N4O2S. The molecule has 23 heavy (non-hydrogen) atoms. The first kappa shape index (κ1) is 17.1. The first-order valence-corrected chi connectivity index (χ1v) is 8.11. The minimum atomic E-state index is -0.189. The number of aliphatic hydroxyl groups is 1. The third-order valence-electron chi connectivity index (χ3n) is 3.18. The molecule has 0 unspecified atom stereocenters. The summed E-state index contributed by atoms with van der Waals surface area (Å²) < 4.78 is 0. The highest BCUT2D eigenvalue weighted by Gasteiger charge is 2.05. The summed E-state index contributed by atoms with van der Waals surface area (Å²) in [5, 5.41) is 15.7. The van der Waals surface area contributed by atoms with E-state index in [1.807, 2.05) is 48.5 Å². The molecule has 0 aliphatic rings. The molecule has 0 radical (unpaired) electrons. The standard InChI is InChI=1S/C16H20N4O2S/c1-12-18-14(11-23-12)9-16(22)19-17-10-13-3-5-15(6-4-13)20(2)7-8-21/h3-6,10-11,21H,7-9H2,1-2H3,(H,19,22)/b17-10-. The molecule has 6 nitrogen and oxygen atoms in total. The average molecular weight is 332 g/mol. The number of thiazole rings is 1. The monoisotopic (exact) mass is 332 g/mol. The van der Waals surface area contributed by atoms with Gasteiger partial charge in [0.15, 0.2) is 0 Å². The maximum atomic E-state index is 11.7. The fourth-order valence-corrected chi connectivity index (χ4v) is 2.58. The summed E-state index contributed by atoms with van der Waals surface area (Å²) in [4.78, 5) is 17.9. The maximum Gasteiger partial charge on any atom is 0.246 e. The van der Waals surface area contributed by atoms with E-state index in [4.69, 9.17) is 5.11 Å². The van der Waals surface area contributed by atoms with Crippen LogP contribution in [0.3, 0.4) is 0 Å². The number of hydrogen-bond acceptors (Lipinski definition) is 6. The number of carbonyl (C=O) groups excluding carboxylic acids is 1. The number of aromatic nitrogens is 1. The van der Waals surface area contributed by atoms with Gasteiger partial charge in [0.25, 0.3) is 0 Å². The maximum absolute atomic E-state index is 11.7. The predicted molar refractivity (Wildman–Crippen MR) is 93.1 cm³/mol. The second-order valence-electron chi connectivity index (χ2n) is 5.06. The minimum absolute atomic E-state index is 0.115. The molecule has 1 aromatic carbocycles. The van der Waals surface area contributed by atoms with Crippen molar-refractivity contribution in [2.75, 3.05) is 25.1 Å². The lowest BCUT2D eigenvalue weighted by Crippen LogP contribution is -2.21. The molecule has 0 atom stereocenters. The second-order valence-corrected chi connectivity index (χ2v) is 6.13. The molecule has 2 rings (SSSR count). The van der Waals surface area contributed by atoms with E-state index < -0.39 is 0 Å². The number of aryl methyl sites for hydroxylation is 1. The van der Waals surface area contributed by atoms with Gasteiger partial charge in [-0.25, -0.2) is 10.4 Å². The van der Waals surface area contributed by atoms with Gasteiger partial charge in [-0.2, -0.15) is 5.10 Å². The lowest BCUT2D eigenvalue weighted by Gasteiger charge is -2.17. The first-order valence-electron chi connectivity index (χ1n) is 7.23. The highest BCUT2D eigenvalue weighted by Crippen LogP contribution is 2.12. The zero-order chi connectivity index (χ0) is 16.7. The minimum Gasteiger partial charge on any atom is -0.395 e. The van der Waals surface area contributed by atoms with Crippen molar-refractivity contribution in [3.63, 3.8) is 0 Å². The summed E-state index contributed by atoms with van der Waals surface area (Å²) >= 11 is 1.52. The smallest absolute Gasteiger partial charge is 0.246 e. The Kier molecular flexibility index (Phi) is 6.25. The number of aliphatic hydroxyl groups excluding tert-OH is 1. The molecule has 1 aromatic heterocycles. The Labute approximate surface area is 139 Å². The SMILES string of the molecule is Cc1nc(CC(=O)N/N=C\c2ccc(N(C)CCO)cc2)cs1. The molecule has 0 spiro atoms. The summed E-state index contributed by atoms with van der Waals surface area (Å²) in [6.07, 6.45) is 1.83. The number of hydrazone groups is 1. The van der Waals surface area contributed by atoms with Crippen molar-refractivity contribution >= 4 is 29.1 Å². The molecule has 1 amide bonds. The van der Waals surface area contributed by atoms with Crippen molar-refractivity contribution in [3.8, 4) is 0 Å². The highest BCUT2D eigenvalue weighted by atomic mass is 32.1. The lowest BCUT2D eigenvalue weighted by molar-refractivity contribution is -0.120. The van der Waals surface area contributed by atoms with Crippen LogP contribution in [0.2, 0.25) is 0 Å². The molecule has 0 saturated heterocycles. The third-order valence-corrected chi connectivity index (χ3v) is 4.00. The van der Waals surface area contributed by atoms with Crippen molar-refractivity contribution in [2.45, 2.75) is 13.3 Å². The van der Waals surface area contributed by atoms with Crippen LogP contribution in [0.25, 0.3) is 0 Å². The van der Waals surface area contributed by atoms with Crippen molar-refractivity contribution < 1.29 is 9.90 Å². The van der Waals surface area contributed by atoms with E-state index in [1.165, 1.54) is 11.3 Å². The molecule has 0 saturated carbocycles. The molecule has 2 N–H and O–H groups in total. The first-order chi connectivity index (χ1) is 11.1. The van der Waals surface area contributed by atoms with Crippen LogP contribution in [-0.4, -0.2) is 42.4 Å². The van der Waals surface area contributed by atoms with Crippen LogP contribution < -0.4 is 10.3 Å². The predicted octanol–water partition coefficient (Wildman–Crippen LogP) is 1.57. The average Bonchev–Trinajstić information content (AvgIpc) is 2.93. The van der Waals surface area contributed by atoms with Gasteiger partial charge in [0.05, 0.1) is 29.9 Å². The summed E-state index contributed by atoms with van der Waals surface area (Å²) in [7, 11) is 1.92. The number of carbonyl (C=O) groups is 1. The van der Waals surface area contributed by atoms with Crippen LogP contribution in [0.15, 0.2) is 34.7 Å². The molecule has 2 aromatic rings. The fourth-order valence-electron chi connectivity index (χ4n) is 1.97. The Bertz CT molecular complexity index is 667. The van der Waals surface area contributed by atoms with E-state index in [2.05, 4.69) is 15.5 Å². The van der Waals surface area contributed by atoms with E-state index in [1.54, 1.807) is 6.21 Å². The van der Waals surface area contributed by atoms with Crippen LogP contribution in [0.5, 0.6) is 0 Å². The van der Waals surface area contributed by atoms with Crippen LogP contribution >= 0.6 is 11.3 Å². The number of nitrogens with zero attached hydrogens (tertiary/aromatic N) is 3. The quantitative estimate of drug-likeness (QED) is 0.596. The topological polar surface area (TPSA) is 77.8 Å². The van der Waals surface area contributed by atoms with Gasteiger partial charge in [-0.15, -0.1) is 11.3 Å². The zero-order valence-electron chi connectivity index (χ0n) is 13.2. The lowest BCUT2D eigenvalue weighted by atomic mass is 10.2. The molecule has 7 heteroatoms. The van der Waals surface area contributed by atoms with Gasteiger partial charge < -0.3 is 10.0 Å². The van der Waals surface area contributed by atoms with Gasteiger partial charge in [0.2, 0.25) is 5.91 Å². The zero-order valence-corrected chi connectivity index (χ0v) is 14.0. The fraction of sp³-hybridized carbons (Fsp3) is 0.312. The van der Waals surface area contributed by atoms with Crippen LogP contribution in [0, 0.1) is 6.92 Å². The van der Waals surface area contributed by atoms with Gasteiger partial charge in [0, 0.05) is 24.7 Å². The molecule has 0 bridgehead atoms. The molecule has 122 valence electrons. The Balaban J connectivity index is 1.84. The number of anilines is 1. The van der Waals surface area contributed by atoms with Crippen LogP contribution in [-0.2, 0) is 11.2 Å². The van der Waals surface area contributed by atoms with Crippen LogP contribution in [0.1, 0.15) is 16.3 Å². The number of amides is 1. The summed E-state index contributed by atoms with van der Waals surface area (Å²) in [6, 6.07) is 7.69. The van der Waals surface area contributed by atoms with Gasteiger partial charge >= 0.3 is 0 Å². The Hall–Kier alpha value is -2.25. The summed E-state index contributed by atoms with van der Waals surface area (Å²) in [5.74, 6) is -0.189.